The van der Waals surface area contributed by atoms with Crippen molar-refractivity contribution < 1.29 is 4.79 Å². The van der Waals surface area contributed by atoms with Crippen LogP contribution in [-0.4, -0.2) is 12.5 Å². The van der Waals surface area contributed by atoms with Crippen molar-refractivity contribution in [1.82, 2.24) is 5.32 Å². The smallest absolute Gasteiger partial charge is 0.227 e. The Morgan fingerprint density at radius 2 is 2.00 bits per heavy atom. The molecule has 0 heterocycles. The SMILES string of the molecule is C=C(C)CN[C@H](C)c1ccc(NC(=O)C2CC2)cc1. The lowest BCUT2D eigenvalue weighted by atomic mass is 10.1. The van der Waals surface area contributed by atoms with E-state index in [1.54, 1.807) is 0 Å². The normalized spacial score (nSPS) is 15.9. The summed E-state index contributed by atoms with van der Waals surface area (Å²) in [4.78, 5) is 11.6. The first kappa shape index (κ1) is 13.8. The lowest BCUT2D eigenvalue weighted by Gasteiger charge is -2.15. The molecule has 1 aliphatic rings. The van der Waals surface area contributed by atoms with Crippen LogP contribution >= 0.6 is 0 Å². The highest BCUT2D eigenvalue weighted by atomic mass is 16.2. The Bertz CT molecular complexity index is 460. The summed E-state index contributed by atoms with van der Waals surface area (Å²) >= 11 is 0. The number of anilines is 1. The van der Waals surface area contributed by atoms with E-state index in [1.807, 2.05) is 19.1 Å². The van der Waals surface area contributed by atoms with E-state index in [-0.39, 0.29) is 17.9 Å². The van der Waals surface area contributed by atoms with Gasteiger partial charge in [-0.2, -0.15) is 0 Å². The highest BCUT2D eigenvalue weighted by molar-refractivity contribution is 5.93. The van der Waals surface area contributed by atoms with Crippen LogP contribution in [0.25, 0.3) is 0 Å². The Balaban J connectivity index is 1.89. The fourth-order valence-corrected chi connectivity index (χ4v) is 1.89. The quantitative estimate of drug-likeness (QED) is 0.769. The molecule has 0 saturated heterocycles. The summed E-state index contributed by atoms with van der Waals surface area (Å²) in [5.41, 5.74) is 3.22. The van der Waals surface area contributed by atoms with E-state index in [2.05, 4.69) is 36.3 Å². The van der Waals surface area contributed by atoms with E-state index in [4.69, 9.17) is 0 Å². The molecule has 0 unspecified atom stereocenters. The predicted octanol–water partition coefficient (Wildman–Crippen LogP) is 3.26. The zero-order chi connectivity index (χ0) is 13.8. The van der Waals surface area contributed by atoms with Gasteiger partial charge >= 0.3 is 0 Å². The predicted molar refractivity (Wildman–Crippen MR) is 79.0 cm³/mol. The summed E-state index contributed by atoms with van der Waals surface area (Å²) in [5.74, 6) is 0.400. The number of carbonyl (C=O) groups is 1. The van der Waals surface area contributed by atoms with Gasteiger partial charge in [0.05, 0.1) is 0 Å². The molecule has 1 aromatic carbocycles. The van der Waals surface area contributed by atoms with Crippen molar-refractivity contribution in [2.24, 2.45) is 5.92 Å². The topological polar surface area (TPSA) is 41.1 Å². The van der Waals surface area contributed by atoms with Crippen molar-refractivity contribution in [3.05, 3.63) is 42.0 Å². The molecular formula is C16H22N2O. The van der Waals surface area contributed by atoms with Gasteiger partial charge in [-0.3, -0.25) is 4.79 Å². The molecule has 1 saturated carbocycles. The molecule has 3 nitrogen and oxygen atoms in total. The van der Waals surface area contributed by atoms with E-state index in [1.165, 1.54) is 5.56 Å². The number of rotatable bonds is 6. The van der Waals surface area contributed by atoms with E-state index in [9.17, 15) is 4.79 Å². The van der Waals surface area contributed by atoms with Gasteiger partial charge in [0.25, 0.3) is 0 Å². The van der Waals surface area contributed by atoms with Crippen molar-refractivity contribution >= 4 is 11.6 Å². The second kappa shape index (κ2) is 6.02. The van der Waals surface area contributed by atoms with Crippen LogP contribution in [0.1, 0.15) is 38.3 Å². The highest BCUT2D eigenvalue weighted by Crippen LogP contribution is 2.30. The summed E-state index contributed by atoms with van der Waals surface area (Å²) in [6.45, 7) is 8.84. The van der Waals surface area contributed by atoms with Crippen LogP contribution in [-0.2, 0) is 4.79 Å². The third-order valence-electron chi connectivity index (χ3n) is 3.34. The lowest BCUT2D eigenvalue weighted by Crippen LogP contribution is -2.20. The number of nitrogens with one attached hydrogen (secondary N) is 2. The molecule has 1 aliphatic carbocycles. The van der Waals surface area contributed by atoms with E-state index >= 15 is 0 Å². The van der Waals surface area contributed by atoms with Gasteiger partial charge in [0, 0.05) is 24.2 Å². The molecule has 1 atom stereocenters. The lowest BCUT2D eigenvalue weighted by molar-refractivity contribution is -0.117. The number of hydrogen-bond donors (Lipinski definition) is 2. The van der Waals surface area contributed by atoms with Gasteiger partial charge in [-0.25, -0.2) is 0 Å². The number of hydrogen-bond acceptors (Lipinski definition) is 2. The van der Waals surface area contributed by atoms with Gasteiger partial charge in [-0.15, -0.1) is 0 Å². The fourth-order valence-electron chi connectivity index (χ4n) is 1.89. The van der Waals surface area contributed by atoms with Crippen LogP contribution in [0.3, 0.4) is 0 Å². The first-order valence-electron chi connectivity index (χ1n) is 6.85. The second-order valence-corrected chi connectivity index (χ2v) is 5.45. The van der Waals surface area contributed by atoms with Gasteiger partial charge in [0.2, 0.25) is 5.91 Å². The standard InChI is InChI=1S/C16H22N2O/c1-11(2)10-17-12(3)13-6-8-15(9-7-13)18-16(19)14-4-5-14/h6-9,12,14,17H,1,4-5,10H2,2-3H3,(H,18,19)/t12-/m1/s1. The third kappa shape index (κ3) is 4.21. The molecule has 19 heavy (non-hydrogen) atoms. The first-order valence-corrected chi connectivity index (χ1v) is 6.85. The minimum atomic E-state index is 0.154. The van der Waals surface area contributed by atoms with Crippen LogP contribution in [0.5, 0.6) is 0 Å². The fraction of sp³-hybridized carbons (Fsp3) is 0.438. The molecule has 0 spiro atoms. The summed E-state index contributed by atoms with van der Waals surface area (Å²) in [6, 6.07) is 8.32. The molecule has 102 valence electrons. The number of carbonyl (C=O) groups excluding carboxylic acids is 1. The Kier molecular flexibility index (Phi) is 4.38. The molecule has 0 radical (unpaired) electrons. The average Bonchev–Trinajstić information content (AvgIpc) is 3.21. The van der Waals surface area contributed by atoms with Crippen LogP contribution in [0.4, 0.5) is 5.69 Å². The molecule has 0 aliphatic heterocycles. The first-order chi connectivity index (χ1) is 9.06. The molecule has 2 rings (SSSR count). The average molecular weight is 258 g/mol. The van der Waals surface area contributed by atoms with Gasteiger partial charge in [-0.1, -0.05) is 24.3 Å². The van der Waals surface area contributed by atoms with Gasteiger partial charge < -0.3 is 10.6 Å². The zero-order valence-corrected chi connectivity index (χ0v) is 11.7. The van der Waals surface area contributed by atoms with Crippen molar-refractivity contribution in [3.63, 3.8) is 0 Å². The van der Waals surface area contributed by atoms with E-state index in [0.29, 0.717) is 0 Å². The van der Waals surface area contributed by atoms with E-state index < -0.39 is 0 Å². The maximum atomic E-state index is 11.6. The van der Waals surface area contributed by atoms with Crippen molar-refractivity contribution in [1.29, 1.82) is 0 Å². The summed E-state index contributed by atoms with van der Waals surface area (Å²) in [5, 5.41) is 6.35. The molecule has 3 heteroatoms. The number of benzene rings is 1. The Hall–Kier alpha value is -1.61. The maximum absolute atomic E-state index is 11.6. The summed E-state index contributed by atoms with van der Waals surface area (Å²) in [7, 11) is 0. The van der Waals surface area contributed by atoms with Gasteiger partial charge in [-0.05, 0) is 44.4 Å². The van der Waals surface area contributed by atoms with Crippen molar-refractivity contribution in [2.45, 2.75) is 32.7 Å². The van der Waals surface area contributed by atoms with Crippen LogP contribution in [0, 0.1) is 5.92 Å². The molecule has 0 bridgehead atoms. The highest BCUT2D eigenvalue weighted by Gasteiger charge is 2.29. The molecule has 1 fully saturated rings. The van der Waals surface area contributed by atoms with Gasteiger partial charge in [0.15, 0.2) is 0 Å². The van der Waals surface area contributed by atoms with Crippen LogP contribution < -0.4 is 10.6 Å². The summed E-state index contributed by atoms with van der Waals surface area (Å²) in [6.07, 6.45) is 2.07. The molecule has 1 aromatic rings. The third-order valence-corrected chi connectivity index (χ3v) is 3.34. The molecular weight excluding hydrogens is 236 g/mol. The second-order valence-electron chi connectivity index (χ2n) is 5.45. The maximum Gasteiger partial charge on any atom is 0.227 e. The Labute approximate surface area is 115 Å². The van der Waals surface area contributed by atoms with E-state index in [0.717, 1.165) is 30.6 Å². The molecule has 0 aromatic heterocycles. The van der Waals surface area contributed by atoms with Crippen LogP contribution in [0.2, 0.25) is 0 Å². The Morgan fingerprint density at radius 1 is 1.37 bits per heavy atom. The van der Waals surface area contributed by atoms with Gasteiger partial charge in [0.1, 0.15) is 0 Å². The minimum Gasteiger partial charge on any atom is -0.326 e. The number of amides is 1. The van der Waals surface area contributed by atoms with Crippen molar-refractivity contribution in [2.75, 3.05) is 11.9 Å². The molecule has 1 amide bonds. The minimum absolute atomic E-state index is 0.154. The Morgan fingerprint density at radius 3 is 2.53 bits per heavy atom. The monoisotopic (exact) mass is 258 g/mol. The van der Waals surface area contributed by atoms with Crippen molar-refractivity contribution in [3.8, 4) is 0 Å². The largest absolute Gasteiger partial charge is 0.326 e. The summed E-state index contributed by atoms with van der Waals surface area (Å²) < 4.78 is 0. The van der Waals surface area contributed by atoms with Crippen LogP contribution in [0.15, 0.2) is 36.4 Å². The zero-order valence-electron chi connectivity index (χ0n) is 11.7. The molecule has 2 N–H and O–H groups in total.